The van der Waals surface area contributed by atoms with E-state index in [4.69, 9.17) is 0 Å². The number of carboxylic acids is 1. The fourth-order valence-corrected chi connectivity index (χ4v) is 4.37. The van der Waals surface area contributed by atoms with Gasteiger partial charge in [0.1, 0.15) is 0 Å². The highest BCUT2D eigenvalue weighted by Crippen LogP contribution is 2.29. The number of thiophene rings is 1. The molecule has 0 atom stereocenters. The van der Waals surface area contributed by atoms with E-state index in [1.54, 1.807) is 29.2 Å². The molecule has 0 aliphatic carbocycles. The Hall–Kier alpha value is -1.79. The van der Waals surface area contributed by atoms with E-state index in [0.717, 1.165) is 10.6 Å². The highest BCUT2D eigenvalue weighted by atomic mass is 32.2. The summed E-state index contributed by atoms with van der Waals surface area (Å²) in [6, 6.07) is 11.5. The van der Waals surface area contributed by atoms with Gasteiger partial charge in [0.15, 0.2) is 0 Å². The number of nitrogens with one attached hydrogen (secondary N) is 1. The number of hydrogen-bond acceptors (Lipinski definition) is 4. The summed E-state index contributed by atoms with van der Waals surface area (Å²) in [5, 5.41) is 14.4. The molecule has 134 valence electrons. The van der Waals surface area contributed by atoms with Crippen molar-refractivity contribution in [2.45, 2.75) is 37.3 Å². The summed E-state index contributed by atoms with van der Waals surface area (Å²) < 4.78 is 0. The van der Waals surface area contributed by atoms with Gasteiger partial charge >= 0.3 is 5.97 Å². The zero-order valence-corrected chi connectivity index (χ0v) is 16.1. The summed E-state index contributed by atoms with van der Waals surface area (Å²) in [6.45, 7) is 3.82. The summed E-state index contributed by atoms with van der Waals surface area (Å²) >= 11 is 3.31. The lowest BCUT2D eigenvalue weighted by molar-refractivity contribution is -0.149. The first-order valence-electron chi connectivity index (χ1n) is 8.28. The SMILES string of the molecule is CCC(CC)(CNC(=O)c1ccccc1SCc1cccs1)C(=O)O. The molecule has 2 aromatic rings. The Morgan fingerprint density at radius 3 is 2.48 bits per heavy atom. The van der Waals surface area contributed by atoms with Gasteiger partial charge in [-0.25, -0.2) is 0 Å². The van der Waals surface area contributed by atoms with E-state index in [2.05, 4.69) is 11.4 Å². The van der Waals surface area contributed by atoms with Crippen molar-refractivity contribution < 1.29 is 14.7 Å². The summed E-state index contributed by atoms with van der Waals surface area (Å²) in [7, 11) is 0. The van der Waals surface area contributed by atoms with Gasteiger partial charge in [0, 0.05) is 22.1 Å². The standard InChI is InChI=1S/C19H23NO3S2/c1-3-19(4-2,18(22)23)13-20-17(21)15-9-5-6-10-16(15)25-12-14-8-7-11-24-14/h5-11H,3-4,12-13H2,1-2H3,(H,20,21)(H,22,23). The lowest BCUT2D eigenvalue weighted by atomic mass is 9.82. The fourth-order valence-electron chi connectivity index (χ4n) is 2.55. The molecular formula is C19H23NO3S2. The summed E-state index contributed by atoms with van der Waals surface area (Å²) in [6.07, 6.45) is 0.960. The molecule has 1 aromatic heterocycles. The van der Waals surface area contributed by atoms with Crippen molar-refractivity contribution in [3.05, 3.63) is 52.2 Å². The monoisotopic (exact) mass is 377 g/mol. The molecule has 2 rings (SSSR count). The minimum absolute atomic E-state index is 0.137. The van der Waals surface area contributed by atoms with Gasteiger partial charge in [-0.15, -0.1) is 23.1 Å². The van der Waals surface area contributed by atoms with Gasteiger partial charge in [-0.1, -0.05) is 32.0 Å². The van der Waals surface area contributed by atoms with Crippen LogP contribution in [0.2, 0.25) is 0 Å². The van der Waals surface area contributed by atoms with Crippen LogP contribution in [0.1, 0.15) is 41.9 Å². The fraction of sp³-hybridized carbons (Fsp3) is 0.368. The topological polar surface area (TPSA) is 66.4 Å². The van der Waals surface area contributed by atoms with Gasteiger partial charge in [-0.3, -0.25) is 9.59 Å². The molecule has 6 heteroatoms. The summed E-state index contributed by atoms with van der Waals surface area (Å²) in [5.74, 6) is -0.273. The van der Waals surface area contributed by atoms with Crippen molar-refractivity contribution in [1.82, 2.24) is 5.32 Å². The molecule has 0 aliphatic heterocycles. The molecule has 1 heterocycles. The molecule has 25 heavy (non-hydrogen) atoms. The maximum absolute atomic E-state index is 12.6. The Morgan fingerprint density at radius 1 is 1.16 bits per heavy atom. The van der Waals surface area contributed by atoms with Crippen molar-refractivity contribution in [2.75, 3.05) is 6.54 Å². The maximum atomic E-state index is 12.6. The number of benzene rings is 1. The van der Waals surface area contributed by atoms with Crippen LogP contribution in [0.4, 0.5) is 0 Å². The van der Waals surface area contributed by atoms with E-state index in [1.165, 1.54) is 4.88 Å². The van der Waals surface area contributed by atoms with Gasteiger partial charge < -0.3 is 10.4 Å². The summed E-state index contributed by atoms with van der Waals surface area (Å²) in [4.78, 5) is 26.3. The average Bonchev–Trinajstić information content (AvgIpc) is 3.14. The third-order valence-electron chi connectivity index (χ3n) is 4.48. The third kappa shape index (κ3) is 4.86. The molecule has 1 aromatic carbocycles. The number of carboxylic acid groups (broad SMARTS) is 1. The van der Waals surface area contributed by atoms with Crippen molar-refractivity contribution in [2.24, 2.45) is 5.41 Å². The van der Waals surface area contributed by atoms with E-state index in [-0.39, 0.29) is 12.5 Å². The van der Waals surface area contributed by atoms with Crippen LogP contribution in [0.5, 0.6) is 0 Å². The average molecular weight is 378 g/mol. The minimum atomic E-state index is -0.908. The summed E-state index contributed by atoms with van der Waals surface area (Å²) in [5.41, 5.74) is -0.315. The van der Waals surface area contributed by atoms with Crippen molar-refractivity contribution in [3.8, 4) is 0 Å². The van der Waals surface area contributed by atoms with Gasteiger partial charge in [-0.05, 0) is 36.4 Å². The number of thioether (sulfide) groups is 1. The molecular weight excluding hydrogens is 354 g/mol. The van der Waals surface area contributed by atoms with E-state index in [0.29, 0.717) is 18.4 Å². The van der Waals surface area contributed by atoms with Crippen molar-refractivity contribution in [1.29, 1.82) is 0 Å². The predicted molar refractivity (Wildman–Crippen MR) is 103 cm³/mol. The predicted octanol–water partition coefficient (Wildman–Crippen LogP) is 4.66. The van der Waals surface area contributed by atoms with Gasteiger partial charge in [0.05, 0.1) is 11.0 Å². The van der Waals surface area contributed by atoms with Crippen LogP contribution < -0.4 is 5.32 Å². The smallest absolute Gasteiger partial charge is 0.311 e. The van der Waals surface area contributed by atoms with Crippen LogP contribution in [0.3, 0.4) is 0 Å². The lowest BCUT2D eigenvalue weighted by Crippen LogP contribution is -2.42. The molecule has 1 amide bonds. The first kappa shape index (κ1) is 19.5. The number of rotatable bonds is 9. The maximum Gasteiger partial charge on any atom is 0.311 e. The third-order valence-corrected chi connectivity index (χ3v) is 6.66. The Labute approximate surface area is 156 Å². The molecule has 0 radical (unpaired) electrons. The van der Waals surface area contributed by atoms with E-state index in [1.807, 2.05) is 43.5 Å². The second kappa shape index (κ2) is 9.06. The highest BCUT2D eigenvalue weighted by Gasteiger charge is 2.35. The minimum Gasteiger partial charge on any atom is -0.481 e. The van der Waals surface area contributed by atoms with Crippen LogP contribution >= 0.6 is 23.1 Å². The Kier molecular flexibility index (Phi) is 7.08. The second-order valence-electron chi connectivity index (χ2n) is 5.84. The number of hydrogen-bond donors (Lipinski definition) is 2. The zero-order valence-electron chi connectivity index (χ0n) is 14.5. The van der Waals surface area contributed by atoms with E-state index >= 15 is 0 Å². The molecule has 0 saturated carbocycles. The lowest BCUT2D eigenvalue weighted by Gasteiger charge is -2.27. The zero-order chi connectivity index (χ0) is 18.3. The van der Waals surface area contributed by atoms with Crippen molar-refractivity contribution in [3.63, 3.8) is 0 Å². The Bertz CT molecular complexity index is 709. The number of amides is 1. The number of carbonyl (C=O) groups excluding carboxylic acids is 1. The Balaban J connectivity index is 2.07. The quantitative estimate of drug-likeness (QED) is 0.624. The largest absolute Gasteiger partial charge is 0.481 e. The first-order chi connectivity index (χ1) is 12.0. The second-order valence-corrected chi connectivity index (χ2v) is 7.89. The molecule has 4 nitrogen and oxygen atoms in total. The van der Waals surface area contributed by atoms with Crippen LogP contribution in [-0.4, -0.2) is 23.5 Å². The Morgan fingerprint density at radius 2 is 1.88 bits per heavy atom. The molecule has 0 saturated heterocycles. The molecule has 0 bridgehead atoms. The van der Waals surface area contributed by atoms with Crippen LogP contribution in [-0.2, 0) is 10.5 Å². The van der Waals surface area contributed by atoms with Gasteiger partial charge in [0.25, 0.3) is 5.91 Å². The van der Waals surface area contributed by atoms with Crippen LogP contribution in [0.15, 0.2) is 46.7 Å². The number of aliphatic carboxylic acids is 1. The molecule has 0 unspecified atom stereocenters. The van der Waals surface area contributed by atoms with Gasteiger partial charge in [0.2, 0.25) is 0 Å². The molecule has 0 fully saturated rings. The molecule has 2 N–H and O–H groups in total. The van der Waals surface area contributed by atoms with E-state index < -0.39 is 11.4 Å². The normalized spacial score (nSPS) is 11.3. The van der Waals surface area contributed by atoms with Gasteiger partial charge in [-0.2, -0.15) is 0 Å². The first-order valence-corrected chi connectivity index (χ1v) is 10.1. The van der Waals surface area contributed by atoms with Crippen LogP contribution in [0.25, 0.3) is 0 Å². The molecule has 0 aliphatic rings. The van der Waals surface area contributed by atoms with E-state index in [9.17, 15) is 14.7 Å². The van der Waals surface area contributed by atoms with Crippen molar-refractivity contribution >= 4 is 35.0 Å². The highest BCUT2D eigenvalue weighted by molar-refractivity contribution is 7.98. The molecule has 0 spiro atoms. The number of carbonyl (C=O) groups is 2. The van der Waals surface area contributed by atoms with Crippen LogP contribution in [0, 0.1) is 5.41 Å².